The summed E-state index contributed by atoms with van der Waals surface area (Å²) in [6.45, 7) is 2.49. The molecule has 0 saturated heterocycles. The maximum atomic E-state index is 9.99. The molecule has 0 bridgehead atoms. The van der Waals surface area contributed by atoms with Crippen LogP contribution in [0.2, 0.25) is 0 Å². The Balaban J connectivity index is 2.84. The zero-order valence-electron chi connectivity index (χ0n) is 6.00. The molecule has 0 rings (SSSR count). The highest BCUT2D eigenvalue weighted by Gasteiger charge is 2.01. The van der Waals surface area contributed by atoms with Crippen LogP contribution in [-0.4, -0.2) is 32.1 Å². The second-order valence-corrected chi connectivity index (χ2v) is 3.77. The monoisotopic (exact) mass is 180 g/mol. The predicted molar refractivity (Wildman–Crippen MR) is 42.2 cm³/mol. The van der Waals surface area contributed by atoms with E-state index in [2.05, 4.69) is 11.3 Å². The lowest BCUT2D eigenvalue weighted by molar-refractivity contribution is 0.238. The third-order valence-electron chi connectivity index (χ3n) is 0.802. The van der Waals surface area contributed by atoms with Crippen molar-refractivity contribution in [1.29, 1.82) is 0 Å². The molecule has 0 amide bonds. The van der Waals surface area contributed by atoms with E-state index >= 15 is 0 Å². The van der Waals surface area contributed by atoms with Gasteiger partial charge in [0.05, 0.1) is 6.61 Å². The number of hydrogen-bond donors (Lipinski definition) is 1. The van der Waals surface area contributed by atoms with Crippen molar-refractivity contribution in [1.82, 2.24) is 0 Å². The van der Waals surface area contributed by atoms with Gasteiger partial charge in [0.15, 0.2) is 0 Å². The van der Waals surface area contributed by atoms with Gasteiger partial charge in [-0.3, -0.25) is 4.46 Å². The Morgan fingerprint density at radius 3 is 2.80 bits per heavy atom. The molecule has 0 saturated carbocycles. The number of rotatable bonds is 6. The zero-order valence-corrected chi connectivity index (χ0v) is 7.82. The summed E-state index contributed by atoms with van der Waals surface area (Å²) in [4.78, 5) is 8.22. The fraction of sp³-hybridized carbons (Fsp3) is 1.00. The highest BCUT2D eigenvalue weighted by atomic mass is 32.2. The average Bonchev–Trinajstić information content (AvgIpc) is 1.87. The fourth-order valence-electron chi connectivity index (χ4n) is 0.434. The highest BCUT2D eigenvalue weighted by Crippen LogP contribution is 2.00. The second kappa shape index (κ2) is 7.08. The van der Waals surface area contributed by atoms with Gasteiger partial charge >= 0.3 is 9.17 Å². The lowest BCUT2D eigenvalue weighted by Crippen LogP contribution is -2.08. The summed E-state index contributed by atoms with van der Waals surface area (Å²) >= 11 is 1.74. The summed E-state index contributed by atoms with van der Waals surface area (Å²) in [6.07, 6.45) is 1.14. The largest absolute Gasteiger partial charge is 0.764 e. The topological polar surface area (TPSA) is 46.5 Å². The van der Waals surface area contributed by atoms with Crippen LogP contribution in [0.4, 0.5) is 0 Å². The standard InChI is InChI=1S/C5H12O3SSi/c1-2-4-9-5-3-8-10(6)7/h6H,2-5H2,1H3. The van der Waals surface area contributed by atoms with Gasteiger partial charge < -0.3 is 9.22 Å². The van der Waals surface area contributed by atoms with Crippen LogP contribution >= 0.6 is 11.8 Å². The molecule has 0 atom stereocenters. The first kappa shape index (κ1) is 9.97. The van der Waals surface area contributed by atoms with Gasteiger partial charge in [-0.2, -0.15) is 11.8 Å². The molecule has 0 aromatic carbocycles. The first-order valence-electron chi connectivity index (χ1n) is 3.20. The van der Waals surface area contributed by atoms with Crippen LogP contribution in [0.25, 0.3) is 0 Å². The molecule has 0 fully saturated rings. The Bertz CT molecular complexity index is 98.9. The van der Waals surface area contributed by atoms with Gasteiger partial charge in [0.2, 0.25) is 0 Å². The summed E-state index contributed by atoms with van der Waals surface area (Å²) in [5, 5.41) is 0. The third-order valence-corrected chi connectivity index (χ3v) is 2.41. The van der Waals surface area contributed by atoms with Crippen molar-refractivity contribution in [3.8, 4) is 0 Å². The van der Waals surface area contributed by atoms with Crippen molar-refractivity contribution in [2.24, 2.45) is 0 Å². The van der Waals surface area contributed by atoms with Gasteiger partial charge in [0.25, 0.3) is 0 Å². The molecule has 10 heavy (non-hydrogen) atoms. The second-order valence-electron chi connectivity index (χ2n) is 1.73. The average molecular weight is 180 g/mol. The van der Waals surface area contributed by atoms with Crippen LogP contribution in [0, 0.1) is 0 Å². The molecule has 0 radical (unpaired) electrons. The molecule has 0 aliphatic rings. The normalized spacial score (nSPS) is 9.30. The molecule has 0 aliphatic heterocycles. The molecule has 60 valence electrons. The molecule has 3 nitrogen and oxygen atoms in total. The highest BCUT2D eigenvalue weighted by molar-refractivity contribution is 7.99. The van der Waals surface area contributed by atoms with Gasteiger partial charge in [-0.1, -0.05) is 6.92 Å². The lowest BCUT2D eigenvalue weighted by Gasteiger charge is -1.98. The number of hydrogen-bond acceptors (Lipinski definition) is 3. The van der Waals surface area contributed by atoms with Crippen LogP contribution < -0.4 is 0 Å². The molecular weight excluding hydrogens is 168 g/mol. The minimum absolute atomic E-state index is 0.388. The zero-order chi connectivity index (χ0) is 7.82. The minimum Gasteiger partial charge on any atom is -0.511 e. The van der Waals surface area contributed by atoms with Crippen molar-refractivity contribution in [2.45, 2.75) is 13.3 Å². The van der Waals surface area contributed by atoms with E-state index in [9.17, 15) is 4.46 Å². The molecule has 0 aromatic heterocycles. The van der Waals surface area contributed by atoms with E-state index < -0.39 is 9.17 Å². The SMILES string of the molecule is CCCSCCO[Si](=O)O. The van der Waals surface area contributed by atoms with Crippen molar-refractivity contribution >= 4 is 20.9 Å². The first-order chi connectivity index (χ1) is 4.77. The van der Waals surface area contributed by atoms with E-state index in [0.29, 0.717) is 6.61 Å². The van der Waals surface area contributed by atoms with Gasteiger partial charge in [-0.05, 0) is 12.2 Å². The smallest absolute Gasteiger partial charge is 0.511 e. The molecule has 1 N–H and O–H groups in total. The Morgan fingerprint density at radius 2 is 2.30 bits per heavy atom. The molecule has 0 aliphatic carbocycles. The third kappa shape index (κ3) is 7.97. The lowest BCUT2D eigenvalue weighted by atomic mass is 10.6. The number of thioether (sulfide) groups is 1. The molecule has 0 spiro atoms. The van der Waals surface area contributed by atoms with Gasteiger partial charge in [-0.15, -0.1) is 0 Å². The predicted octanol–water partition coefficient (Wildman–Crippen LogP) is 0.554. The Morgan fingerprint density at radius 1 is 1.60 bits per heavy atom. The fourth-order valence-corrected chi connectivity index (χ4v) is 1.55. The summed E-state index contributed by atoms with van der Waals surface area (Å²) in [6, 6.07) is 0. The Kier molecular flexibility index (Phi) is 7.05. The van der Waals surface area contributed by atoms with E-state index in [4.69, 9.17) is 4.80 Å². The van der Waals surface area contributed by atoms with E-state index in [-0.39, 0.29) is 0 Å². The van der Waals surface area contributed by atoms with Crippen LogP contribution in [0.15, 0.2) is 0 Å². The van der Waals surface area contributed by atoms with E-state index in [1.165, 1.54) is 0 Å². The molecule has 0 heterocycles. The van der Waals surface area contributed by atoms with Crippen LogP contribution in [0.5, 0.6) is 0 Å². The maximum Gasteiger partial charge on any atom is 0.764 e. The Labute approximate surface area is 66.7 Å². The summed E-state index contributed by atoms with van der Waals surface area (Å²) in [5.41, 5.74) is 0. The summed E-state index contributed by atoms with van der Waals surface area (Å²) < 4.78 is 14.5. The molecular formula is C5H12O3SSi. The van der Waals surface area contributed by atoms with Gasteiger partial charge in [0, 0.05) is 5.75 Å². The van der Waals surface area contributed by atoms with Crippen LogP contribution in [-0.2, 0) is 8.89 Å². The van der Waals surface area contributed by atoms with Crippen molar-refractivity contribution in [3.05, 3.63) is 0 Å². The van der Waals surface area contributed by atoms with Crippen LogP contribution in [0.1, 0.15) is 13.3 Å². The molecule has 0 aromatic rings. The van der Waals surface area contributed by atoms with Gasteiger partial charge in [0.1, 0.15) is 0 Å². The maximum absolute atomic E-state index is 9.99. The summed E-state index contributed by atoms with van der Waals surface area (Å²) in [5.74, 6) is 1.90. The summed E-state index contributed by atoms with van der Waals surface area (Å²) in [7, 11) is -2.69. The van der Waals surface area contributed by atoms with E-state index in [1.54, 1.807) is 11.8 Å². The van der Waals surface area contributed by atoms with Crippen molar-refractivity contribution < 1.29 is 13.7 Å². The van der Waals surface area contributed by atoms with Crippen molar-refractivity contribution in [3.63, 3.8) is 0 Å². The van der Waals surface area contributed by atoms with Crippen LogP contribution in [0.3, 0.4) is 0 Å². The Hall–Kier alpha value is -0.0331. The van der Waals surface area contributed by atoms with E-state index in [0.717, 1.165) is 17.9 Å². The first-order valence-corrected chi connectivity index (χ1v) is 5.62. The molecule has 5 heteroatoms. The van der Waals surface area contributed by atoms with Crippen molar-refractivity contribution in [2.75, 3.05) is 18.1 Å². The quantitative estimate of drug-likeness (QED) is 0.479. The van der Waals surface area contributed by atoms with Gasteiger partial charge in [-0.25, -0.2) is 0 Å². The van der Waals surface area contributed by atoms with E-state index in [1.807, 2.05) is 0 Å². The minimum atomic E-state index is -2.69. The molecule has 0 unspecified atom stereocenters.